The molecule has 0 rings (SSSR count). The maximum atomic E-state index is 11.7. The molecule has 14 heavy (non-hydrogen) atoms. The summed E-state index contributed by atoms with van der Waals surface area (Å²) in [6.45, 7) is 0.0645. The zero-order valence-corrected chi connectivity index (χ0v) is 8.63. The molecule has 3 nitrogen and oxygen atoms in total. The summed E-state index contributed by atoms with van der Waals surface area (Å²) in [5.74, 6) is 6.74. The van der Waals surface area contributed by atoms with Crippen LogP contribution in [0.3, 0.4) is 0 Å². The van der Waals surface area contributed by atoms with Crippen molar-refractivity contribution in [3.05, 3.63) is 0 Å². The molecule has 0 aromatic carbocycles. The van der Waals surface area contributed by atoms with Crippen LogP contribution in [-0.2, 0) is 13.6 Å². The van der Waals surface area contributed by atoms with E-state index in [2.05, 4.69) is 17.8 Å². The molecule has 0 aromatic heterocycles. The molecular formula is C10H11O3P. The Labute approximate surface area is 84.7 Å². The zero-order chi connectivity index (χ0) is 10.9. The van der Waals surface area contributed by atoms with Crippen LogP contribution in [-0.4, -0.2) is 19.4 Å². The molecule has 1 unspecified atom stereocenters. The second-order valence-electron chi connectivity index (χ2n) is 2.24. The van der Waals surface area contributed by atoms with Crippen molar-refractivity contribution in [3.8, 4) is 37.0 Å². The highest BCUT2D eigenvalue weighted by Gasteiger charge is 2.22. The molecule has 0 aliphatic carbocycles. The molecule has 0 bridgehead atoms. The Morgan fingerprint density at radius 3 is 2.29 bits per heavy atom. The van der Waals surface area contributed by atoms with E-state index in [-0.39, 0.29) is 19.4 Å². The second-order valence-corrected chi connectivity index (χ2v) is 4.29. The van der Waals surface area contributed by atoms with Gasteiger partial charge in [-0.05, 0) is 0 Å². The predicted molar refractivity (Wildman–Crippen MR) is 55.5 cm³/mol. The summed E-state index contributed by atoms with van der Waals surface area (Å²) in [6, 6.07) is 0. The first kappa shape index (κ1) is 12.8. The van der Waals surface area contributed by atoms with Crippen LogP contribution < -0.4 is 0 Å². The average Bonchev–Trinajstić information content (AvgIpc) is 2.16. The van der Waals surface area contributed by atoms with E-state index < -0.39 is 7.60 Å². The molecule has 0 spiro atoms. The van der Waals surface area contributed by atoms with Crippen molar-refractivity contribution < 1.29 is 13.6 Å². The Morgan fingerprint density at radius 1 is 1.07 bits per heavy atom. The minimum atomic E-state index is -3.24. The van der Waals surface area contributed by atoms with Crippen molar-refractivity contribution in [2.45, 2.75) is 6.42 Å². The van der Waals surface area contributed by atoms with E-state index in [9.17, 15) is 4.57 Å². The molecule has 0 aliphatic heterocycles. The molecule has 0 N–H and O–H groups in total. The predicted octanol–water partition coefficient (Wildman–Crippen LogP) is 1.50. The van der Waals surface area contributed by atoms with E-state index in [1.165, 1.54) is 0 Å². The first-order valence-electron chi connectivity index (χ1n) is 3.87. The Bertz CT molecular complexity index is 327. The van der Waals surface area contributed by atoms with Crippen LogP contribution in [0.1, 0.15) is 6.42 Å². The number of hydrogen-bond donors (Lipinski definition) is 0. The van der Waals surface area contributed by atoms with Crippen LogP contribution in [0.5, 0.6) is 0 Å². The molecule has 0 fully saturated rings. The first-order chi connectivity index (χ1) is 6.68. The summed E-state index contributed by atoms with van der Waals surface area (Å²) >= 11 is 0. The third-order valence-electron chi connectivity index (χ3n) is 1.16. The number of terminal acetylenes is 3. The molecule has 0 heterocycles. The fourth-order valence-electron chi connectivity index (χ4n) is 0.620. The zero-order valence-electron chi connectivity index (χ0n) is 7.73. The first-order valence-corrected chi connectivity index (χ1v) is 5.60. The highest BCUT2D eigenvalue weighted by atomic mass is 31.2. The van der Waals surface area contributed by atoms with E-state index in [4.69, 9.17) is 28.3 Å². The van der Waals surface area contributed by atoms with Gasteiger partial charge in [-0.2, -0.15) is 0 Å². The minimum absolute atomic E-state index is 0.0883. The van der Waals surface area contributed by atoms with Crippen LogP contribution in [0.25, 0.3) is 0 Å². The van der Waals surface area contributed by atoms with Crippen LogP contribution in [0.4, 0.5) is 0 Å². The molecule has 0 saturated heterocycles. The van der Waals surface area contributed by atoms with Gasteiger partial charge in [0.2, 0.25) is 0 Å². The Morgan fingerprint density at radius 2 is 1.79 bits per heavy atom. The summed E-state index contributed by atoms with van der Waals surface area (Å²) in [7, 11) is -3.24. The molecule has 0 amide bonds. The lowest BCUT2D eigenvalue weighted by atomic mass is 10.5. The Kier molecular flexibility index (Phi) is 6.65. The average molecular weight is 210 g/mol. The SMILES string of the molecule is C#CCCOP(=O)(CC#C)OCC#C. The molecule has 0 saturated carbocycles. The van der Waals surface area contributed by atoms with Crippen LogP contribution in [0.2, 0.25) is 0 Å². The fraction of sp³-hybridized carbons (Fsp3) is 0.400. The van der Waals surface area contributed by atoms with Gasteiger partial charge in [0.25, 0.3) is 0 Å². The largest absolute Gasteiger partial charge is 0.343 e. The molecule has 74 valence electrons. The van der Waals surface area contributed by atoms with Gasteiger partial charge in [-0.15, -0.1) is 25.2 Å². The van der Waals surface area contributed by atoms with E-state index in [1.807, 2.05) is 0 Å². The molecule has 0 radical (unpaired) electrons. The quantitative estimate of drug-likeness (QED) is 0.378. The van der Waals surface area contributed by atoms with Crippen LogP contribution in [0.15, 0.2) is 0 Å². The lowest BCUT2D eigenvalue weighted by molar-refractivity contribution is 0.228. The summed E-state index contributed by atoms with van der Waals surface area (Å²) in [5, 5.41) is 0. The summed E-state index contributed by atoms with van der Waals surface area (Å²) in [4.78, 5) is 0. The van der Waals surface area contributed by atoms with Gasteiger partial charge < -0.3 is 4.52 Å². The van der Waals surface area contributed by atoms with Crippen molar-refractivity contribution in [1.82, 2.24) is 0 Å². The smallest absolute Gasteiger partial charge is 0.307 e. The van der Waals surface area contributed by atoms with Gasteiger partial charge >= 0.3 is 7.60 Å². The van der Waals surface area contributed by atoms with Gasteiger partial charge in [-0.3, -0.25) is 9.09 Å². The third-order valence-corrected chi connectivity index (χ3v) is 2.83. The monoisotopic (exact) mass is 210 g/mol. The van der Waals surface area contributed by atoms with Gasteiger partial charge in [0, 0.05) is 6.42 Å². The van der Waals surface area contributed by atoms with Crippen molar-refractivity contribution in [3.63, 3.8) is 0 Å². The number of rotatable bonds is 6. The highest BCUT2D eigenvalue weighted by molar-refractivity contribution is 7.54. The van der Waals surface area contributed by atoms with Crippen molar-refractivity contribution in [1.29, 1.82) is 0 Å². The molecule has 0 aromatic rings. The molecule has 1 atom stereocenters. The van der Waals surface area contributed by atoms with Gasteiger partial charge in [0.05, 0.1) is 6.61 Å². The summed E-state index contributed by atoms with van der Waals surface area (Å²) in [6.07, 6.45) is 15.2. The summed E-state index contributed by atoms with van der Waals surface area (Å²) in [5.41, 5.74) is 0. The van der Waals surface area contributed by atoms with Crippen molar-refractivity contribution in [2.75, 3.05) is 19.4 Å². The van der Waals surface area contributed by atoms with Crippen LogP contribution in [0, 0.1) is 37.0 Å². The van der Waals surface area contributed by atoms with Crippen molar-refractivity contribution >= 4 is 7.60 Å². The van der Waals surface area contributed by atoms with Gasteiger partial charge in [0.1, 0.15) is 12.8 Å². The van der Waals surface area contributed by atoms with E-state index in [0.29, 0.717) is 6.42 Å². The van der Waals surface area contributed by atoms with E-state index in [0.717, 1.165) is 0 Å². The fourth-order valence-corrected chi connectivity index (χ4v) is 1.74. The molecular weight excluding hydrogens is 199 g/mol. The molecule has 0 aliphatic rings. The molecule has 4 heteroatoms. The van der Waals surface area contributed by atoms with Crippen molar-refractivity contribution in [2.24, 2.45) is 0 Å². The van der Waals surface area contributed by atoms with Gasteiger partial charge in [0.15, 0.2) is 0 Å². The summed E-state index contributed by atoms with van der Waals surface area (Å²) < 4.78 is 21.5. The van der Waals surface area contributed by atoms with Gasteiger partial charge in [-0.25, -0.2) is 0 Å². The van der Waals surface area contributed by atoms with E-state index in [1.54, 1.807) is 0 Å². The highest BCUT2D eigenvalue weighted by Crippen LogP contribution is 2.47. The minimum Gasteiger partial charge on any atom is -0.307 e. The Hall–Kier alpha value is -1.17. The normalized spacial score (nSPS) is 13.2. The number of hydrogen-bond acceptors (Lipinski definition) is 3. The third kappa shape index (κ3) is 5.47. The van der Waals surface area contributed by atoms with Gasteiger partial charge in [-0.1, -0.05) is 11.8 Å². The lowest BCUT2D eigenvalue weighted by Crippen LogP contribution is -2.00. The topological polar surface area (TPSA) is 35.5 Å². The Balaban J connectivity index is 4.14. The maximum absolute atomic E-state index is 11.7. The standard InChI is InChI=1S/C10H11O3P/c1-4-7-9-13-14(11,10-6-3)12-8-5-2/h1-3H,7-10H2. The van der Waals surface area contributed by atoms with E-state index >= 15 is 0 Å². The van der Waals surface area contributed by atoms with Crippen LogP contribution >= 0.6 is 7.60 Å². The lowest BCUT2D eigenvalue weighted by Gasteiger charge is -2.13. The second kappa shape index (κ2) is 7.25. The maximum Gasteiger partial charge on any atom is 0.343 e.